The predicted octanol–water partition coefficient (Wildman–Crippen LogP) is 2.15. The van der Waals surface area contributed by atoms with Crippen LogP contribution in [0.3, 0.4) is 0 Å². The van der Waals surface area contributed by atoms with Crippen LogP contribution >= 0.6 is 0 Å². The lowest BCUT2D eigenvalue weighted by Crippen LogP contribution is -2.65. The highest BCUT2D eigenvalue weighted by molar-refractivity contribution is 5.85. The molecule has 2 unspecified atom stereocenters. The lowest BCUT2D eigenvalue weighted by Gasteiger charge is -2.55. The Hall–Kier alpha value is -1.30. The largest absolute Gasteiger partial charge is 0.378 e. The third-order valence-electron chi connectivity index (χ3n) is 5.96. The molecule has 0 bridgehead atoms. The maximum absolute atomic E-state index is 12.2. The summed E-state index contributed by atoms with van der Waals surface area (Å²) in [5, 5.41) is 6.86. The van der Waals surface area contributed by atoms with Gasteiger partial charge in [0.1, 0.15) is 6.54 Å². The van der Waals surface area contributed by atoms with Crippen LogP contribution in [0.2, 0.25) is 0 Å². The second kappa shape index (κ2) is 9.41. The third-order valence-corrected chi connectivity index (χ3v) is 5.96. The summed E-state index contributed by atoms with van der Waals surface area (Å²) in [4.78, 5) is 18.7. The summed E-state index contributed by atoms with van der Waals surface area (Å²) in [7, 11) is 0. The van der Waals surface area contributed by atoms with E-state index >= 15 is 0 Å². The summed E-state index contributed by atoms with van der Waals surface area (Å²) in [6.07, 6.45) is 5.71. The van der Waals surface area contributed by atoms with Gasteiger partial charge in [-0.15, -0.1) is 0 Å². The van der Waals surface area contributed by atoms with Crippen molar-refractivity contribution in [2.75, 3.05) is 32.8 Å². The molecule has 1 heterocycles. The van der Waals surface area contributed by atoms with Crippen LogP contribution in [-0.2, 0) is 9.53 Å². The van der Waals surface area contributed by atoms with Crippen LogP contribution in [0.15, 0.2) is 4.99 Å². The normalized spacial score (nSPS) is 25.6. The van der Waals surface area contributed by atoms with Gasteiger partial charge in [-0.25, -0.2) is 4.99 Å². The molecule has 1 amide bonds. The number of ether oxygens (including phenoxy) is 1. The van der Waals surface area contributed by atoms with Crippen LogP contribution in [0.5, 0.6) is 0 Å². The summed E-state index contributed by atoms with van der Waals surface area (Å²) < 4.78 is 5.95. The third kappa shape index (κ3) is 4.46. The first-order chi connectivity index (χ1) is 12.1. The zero-order chi connectivity index (χ0) is 18.3. The first kappa shape index (κ1) is 20.0. The van der Waals surface area contributed by atoms with Gasteiger partial charge in [-0.2, -0.15) is 0 Å². The predicted molar refractivity (Wildman–Crippen MR) is 102 cm³/mol. The molecule has 1 aliphatic heterocycles. The van der Waals surface area contributed by atoms with Crippen LogP contribution < -0.4 is 10.6 Å². The molecular formula is C19H36N4O2. The fraction of sp³-hybridized carbons (Fsp3) is 0.895. The van der Waals surface area contributed by atoms with Crippen molar-refractivity contribution in [3.8, 4) is 0 Å². The molecule has 1 aliphatic carbocycles. The number of likely N-dealkylation sites (tertiary alicyclic amines) is 1. The van der Waals surface area contributed by atoms with E-state index in [1.165, 1.54) is 0 Å². The molecule has 144 valence electrons. The summed E-state index contributed by atoms with van der Waals surface area (Å²) in [5.41, 5.74) is 0.158. The number of nitrogens with one attached hydrogen (secondary N) is 2. The first-order valence-corrected chi connectivity index (χ1v) is 10.0. The number of nitrogens with zero attached hydrogens (tertiary/aromatic N) is 2. The average Bonchev–Trinajstić information content (AvgIpc) is 3.14. The van der Waals surface area contributed by atoms with E-state index in [9.17, 15) is 4.79 Å². The Morgan fingerprint density at radius 2 is 1.88 bits per heavy atom. The smallest absolute Gasteiger partial charge is 0.244 e. The van der Waals surface area contributed by atoms with Gasteiger partial charge in [-0.05, 0) is 46.0 Å². The van der Waals surface area contributed by atoms with Crippen LogP contribution in [0.25, 0.3) is 0 Å². The van der Waals surface area contributed by atoms with Gasteiger partial charge in [0.05, 0.1) is 6.10 Å². The van der Waals surface area contributed by atoms with Gasteiger partial charge in [0, 0.05) is 37.7 Å². The summed E-state index contributed by atoms with van der Waals surface area (Å²) in [6, 6.07) is 0.346. The molecular weight excluding hydrogens is 316 g/mol. The molecule has 2 N–H and O–H groups in total. The Balaban J connectivity index is 1.97. The Morgan fingerprint density at radius 3 is 2.44 bits per heavy atom. The highest BCUT2D eigenvalue weighted by Crippen LogP contribution is 2.48. The van der Waals surface area contributed by atoms with Crippen molar-refractivity contribution in [1.82, 2.24) is 15.5 Å². The molecule has 1 saturated heterocycles. The fourth-order valence-electron chi connectivity index (χ4n) is 4.28. The number of hydrogen-bond donors (Lipinski definition) is 2. The summed E-state index contributed by atoms with van der Waals surface area (Å²) in [6.45, 7) is 12.1. The molecule has 2 aliphatic rings. The van der Waals surface area contributed by atoms with Gasteiger partial charge in [0.15, 0.2) is 5.96 Å². The standard InChI is InChI=1S/C19H36N4O2/c1-5-19(6-2)15(13-16(19)25-8-4)22-18(20-7-3)21-14-17(24)23-11-9-10-12-23/h15-16H,5-14H2,1-4H3,(H2,20,21,22). The van der Waals surface area contributed by atoms with E-state index in [0.717, 1.165) is 64.3 Å². The summed E-state index contributed by atoms with van der Waals surface area (Å²) in [5.74, 6) is 0.883. The molecule has 6 nitrogen and oxygen atoms in total. The van der Waals surface area contributed by atoms with Crippen LogP contribution in [0.4, 0.5) is 0 Å². The molecule has 0 aromatic carbocycles. The summed E-state index contributed by atoms with van der Waals surface area (Å²) >= 11 is 0. The van der Waals surface area contributed by atoms with E-state index in [4.69, 9.17) is 4.74 Å². The van der Waals surface area contributed by atoms with Gasteiger partial charge in [-0.3, -0.25) is 4.79 Å². The molecule has 0 aromatic rings. The topological polar surface area (TPSA) is 66.0 Å². The molecule has 1 saturated carbocycles. The molecule has 0 radical (unpaired) electrons. The fourth-order valence-corrected chi connectivity index (χ4v) is 4.28. The lowest BCUT2D eigenvalue weighted by atomic mass is 9.58. The van der Waals surface area contributed by atoms with Gasteiger partial charge in [0.25, 0.3) is 0 Å². The maximum atomic E-state index is 12.2. The van der Waals surface area contributed by atoms with E-state index in [-0.39, 0.29) is 17.9 Å². The minimum absolute atomic E-state index is 0.132. The van der Waals surface area contributed by atoms with E-state index in [1.807, 2.05) is 4.90 Å². The van der Waals surface area contributed by atoms with Crippen LogP contribution in [0.1, 0.15) is 59.8 Å². The number of aliphatic imine (C=N–C) groups is 1. The number of guanidine groups is 1. The van der Waals surface area contributed by atoms with E-state index < -0.39 is 0 Å². The van der Waals surface area contributed by atoms with Gasteiger partial charge >= 0.3 is 0 Å². The quantitative estimate of drug-likeness (QED) is 0.519. The lowest BCUT2D eigenvalue weighted by molar-refractivity contribution is -0.133. The Morgan fingerprint density at radius 1 is 1.20 bits per heavy atom. The number of carbonyl (C=O) groups excluding carboxylic acids is 1. The van der Waals surface area contributed by atoms with Gasteiger partial charge in [-0.1, -0.05) is 13.8 Å². The minimum atomic E-state index is 0.132. The average molecular weight is 353 g/mol. The van der Waals surface area contributed by atoms with Crippen molar-refractivity contribution < 1.29 is 9.53 Å². The molecule has 25 heavy (non-hydrogen) atoms. The maximum Gasteiger partial charge on any atom is 0.244 e. The highest BCUT2D eigenvalue weighted by atomic mass is 16.5. The van der Waals surface area contributed by atoms with Gasteiger partial charge < -0.3 is 20.3 Å². The molecule has 2 atom stereocenters. The van der Waals surface area contributed by atoms with Crippen molar-refractivity contribution in [3.05, 3.63) is 0 Å². The second-order valence-corrected chi connectivity index (χ2v) is 7.10. The van der Waals surface area contributed by atoms with Gasteiger partial charge in [0.2, 0.25) is 5.91 Å². The SMILES string of the molecule is CCNC(=NCC(=O)N1CCCC1)NC1CC(OCC)C1(CC)CC. The first-order valence-electron chi connectivity index (χ1n) is 10.0. The van der Waals surface area contributed by atoms with E-state index in [2.05, 4.69) is 43.3 Å². The zero-order valence-corrected chi connectivity index (χ0v) is 16.4. The van der Waals surface area contributed by atoms with Crippen molar-refractivity contribution in [2.45, 2.75) is 71.9 Å². The monoisotopic (exact) mass is 352 g/mol. The minimum Gasteiger partial charge on any atom is -0.378 e. The van der Waals surface area contributed by atoms with Crippen LogP contribution in [-0.4, -0.2) is 61.7 Å². The number of amides is 1. The van der Waals surface area contributed by atoms with Crippen molar-refractivity contribution in [3.63, 3.8) is 0 Å². The Kier molecular flexibility index (Phi) is 7.54. The van der Waals surface area contributed by atoms with Crippen molar-refractivity contribution in [1.29, 1.82) is 0 Å². The molecule has 0 aromatic heterocycles. The number of rotatable bonds is 8. The molecule has 2 fully saturated rings. The molecule has 6 heteroatoms. The molecule has 2 rings (SSSR count). The molecule has 0 spiro atoms. The number of hydrogen-bond acceptors (Lipinski definition) is 3. The Bertz CT molecular complexity index is 456. The zero-order valence-electron chi connectivity index (χ0n) is 16.4. The van der Waals surface area contributed by atoms with E-state index in [1.54, 1.807) is 0 Å². The van der Waals surface area contributed by atoms with E-state index in [0.29, 0.717) is 12.1 Å². The van der Waals surface area contributed by atoms with Crippen LogP contribution in [0, 0.1) is 5.41 Å². The van der Waals surface area contributed by atoms with Crippen molar-refractivity contribution in [2.24, 2.45) is 10.4 Å². The van der Waals surface area contributed by atoms with Crippen molar-refractivity contribution >= 4 is 11.9 Å². The number of carbonyl (C=O) groups is 1. The Labute approximate surface area is 152 Å². The highest BCUT2D eigenvalue weighted by Gasteiger charge is 2.53. The second-order valence-electron chi connectivity index (χ2n) is 7.10.